The maximum Gasteiger partial charge on any atom is 0.327 e. The minimum absolute atomic E-state index is 0.154. The zero-order valence-electron chi connectivity index (χ0n) is 19.9. The van der Waals surface area contributed by atoms with Gasteiger partial charge in [-0.25, -0.2) is 20.7 Å². The average molecular weight is 477 g/mol. The number of anilines is 2. The Morgan fingerprint density at radius 1 is 1.03 bits per heavy atom. The highest BCUT2D eigenvalue weighted by molar-refractivity contribution is 5.99. The van der Waals surface area contributed by atoms with Crippen LogP contribution in [0.3, 0.4) is 0 Å². The van der Waals surface area contributed by atoms with Crippen LogP contribution in [0.4, 0.5) is 16.2 Å². The minimum Gasteiger partial charge on any atom is -0.368 e. The second-order valence-corrected chi connectivity index (χ2v) is 9.80. The summed E-state index contributed by atoms with van der Waals surface area (Å²) < 4.78 is 0. The van der Waals surface area contributed by atoms with Gasteiger partial charge in [0.1, 0.15) is 18.2 Å². The standard InChI is InChI=1S/C25H32N8O2/c1-30-24(34)21-22(28-19-5-3-2-4-6-19)32(29-23(21)31(25(30)35)13-17-7-8-17)14-18-9-11-20(12-10-18)33-16-26-15-27-33/h2-6,9-12,17,21-23,26-29H,7-8,13-16H2,1H3. The number of nitrogens with zero attached hydrogens (tertiary/aromatic N) is 4. The zero-order valence-corrected chi connectivity index (χ0v) is 19.9. The third-order valence-electron chi connectivity index (χ3n) is 7.30. The van der Waals surface area contributed by atoms with Crippen molar-refractivity contribution in [2.45, 2.75) is 31.7 Å². The van der Waals surface area contributed by atoms with Crippen molar-refractivity contribution in [1.29, 1.82) is 0 Å². The Hall–Kier alpha value is -3.18. The van der Waals surface area contributed by atoms with Gasteiger partial charge in [-0.15, -0.1) is 0 Å². The normalized spacial score (nSPS) is 27.0. The third kappa shape index (κ3) is 4.34. The molecule has 0 radical (unpaired) electrons. The van der Waals surface area contributed by atoms with Crippen molar-refractivity contribution in [2.75, 3.05) is 37.3 Å². The first-order valence-electron chi connectivity index (χ1n) is 12.3. The quantitative estimate of drug-likeness (QED) is 0.478. The van der Waals surface area contributed by atoms with Crippen LogP contribution in [0, 0.1) is 11.8 Å². The summed E-state index contributed by atoms with van der Waals surface area (Å²) >= 11 is 0. The summed E-state index contributed by atoms with van der Waals surface area (Å²) in [6.07, 6.45) is 1.60. The van der Waals surface area contributed by atoms with E-state index in [1.54, 1.807) is 7.05 Å². The summed E-state index contributed by atoms with van der Waals surface area (Å²) in [4.78, 5) is 29.6. The van der Waals surface area contributed by atoms with Gasteiger partial charge in [-0.05, 0) is 48.6 Å². The van der Waals surface area contributed by atoms with Gasteiger partial charge in [-0.2, -0.15) is 0 Å². The SMILES string of the molecule is CN1C(=O)C2C(Nc3ccccc3)N(Cc3ccc(N4CNCN4)cc3)NC2N(CC2CC2)C1=O. The number of carbonyl (C=O) groups excluding carboxylic acids is 2. The second kappa shape index (κ2) is 9.12. The topological polar surface area (TPSA) is 95.2 Å². The van der Waals surface area contributed by atoms with E-state index in [1.165, 1.54) is 4.90 Å². The lowest BCUT2D eigenvalue weighted by atomic mass is 9.98. The fourth-order valence-corrected chi connectivity index (χ4v) is 5.18. The predicted molar refractivity (Wildman–Crippen MR) is 132 cm³/mol. The highest BCUT2D eigenvalue weighted by atomic mass is 16.2. The zero-order chi connectivity index (χ0) is 23.9. The molecule has 0 bridgehead atoms. The van der Waals surface area contributed by atoms with Crippen molar-refractivity contribution in [3.63, 3.8) is 0 Å². The number of benzene rings is 2. The van der Waals surface area contributed by atoms with Crippen LogP contribution >= 0.6 is 0 Å². The van der Waals surface area contributed by atoms with Crippen molar-refractivity contribution >= 4 is 23.3 Å². The van der Waals surface area contributed by atoms with E-state index in [9.17, 15) is 9.59 Å². The van der Waals surface area contributed by atoms with Crippen LogP contribution in [-0.4, -0.2) is 66.0 Å². The van der Waals surface area contributed by atoms with Crippen LogP contribution in [0.25, 0.3) is 0 Å². The Kier molecular flexibility index (Phi) is 5.81. The van der Waals surface area contributed by atoms with Crippen LogP contribution in [0.15, 0.2) is 54.6 Å². The Balaban J connectivity index is 1.28. The molecule has 3 aliphatic heterocycles. The fourth-order valence-electron chi connectivity index (χ4n) is 5.18. The molecule has 0 spiro atoms. The van der Waals surface area contributed by atoms with E-state index in [-0.39, 0.29) is 24.3 Å². The van der Waals surface area contributed by atoms with Crippen molar-refractivity contribution in [1.82, 2.24) is 31.0 Å². The smallest absolute Gasteiger partial charge is 0.327 e. The number of hydrogen-bond acceptors (Lipinski definition) is 8. The van der Waals surface area contributed by atoms with Gasteiger partial charge in [-0.3, -0.25) is 20.0 Å². The summed E-state index contributed by atoms with van der Waals surface area (Å²) in [6.45, 7) is 2.79. The number of nitrogens with one attached hydrogen (secondary N) is 4. The molecule has 35 heavy (non-hydrogen) atoms. The maximum atomic E-state index is 13.4. The van der Waals surface area contributed by atoms with Gasteiger partial charge < -0.3 is 10.2 Å². The number of imide groups is 1. The Morgan fingerprint density at radius 2 is 1.80 bits per heavy atom. The van der Waals surface area contributed by atoms with Crippen LogP contribution < -0.4 is 26.5 Å². The summed E-state index contributed by atoms with van der Waals surface area (Å²) in [7, 11) is 1.60. The lowest BCUT2D eigenvalue weighted by Gasteiger charge is -2.40. The molecular weight excluding hydrogens is 444 g/mol. The molecule has 3 saturated heterocycles. The molecule has 0 aromatic heterocycles. The summed E-state index contributed by atoms with van der Waals surface area (Å²) in [5, 5.41) is 11.0. The van der Waals surface area contributed by atoms with E-state index < -0.39 is 5.92 Å². The van der Waals surface area contributed by atoms with Crippen molar-refractivity contribution in [3.05, 3.63) is 60.2 Å². The number of para-hydroxylation sites is 1. The first-order chi connectivity index (χ1) is 17.1. The van der Waals surface area contributed by atoms with Gasteiger partial charge in [0.25, 0.3) is 0 Å². The van der Waals surface area contributed by atoms with Crippen molar-refractivity contribution in [3.8, 4) is 0 Å². The molecule has 4 N–H and O–H groups in total. The molecule has 4 aliphatic rings. The van der Waals surface area contributed by atoms with E-state index in [1.807, 2.05) is 35.2 Å². The number of urea groups is 1. The molecule has 3 amide bonds. The molecule has 1 aliphatic carbocycles. The van der Waals surface area contributed by atoms with Gasteiger partial charge in [0.15, 0.2) is 0 Å². The Bertz CT molecular complexity index is 1070. The monoisotopic (exact) mass is 476 g/mol. The molecule has 4 fully saturated rings. The molecule has 2 aromatic rings. The summed E-state index contributed by atoms with van der Waals surface area (Å²) in [5.74, 6) is -0.0481. The van der Waals surface area contributed by atoms with E-state index >= 15 is 0 Å². The molecule has 3 atom stereocenters. The van der Waals surface area contributed by atoms with Gasteiger partial charge >= 0.3 is 6.03 Å². The first-order valence-corrected chi connectivity index (χ1v) is 12.3. The number of fused-ring (bicyclic) bond motifs is 1. The van der Waals surface area contributed by atoms with Crippen molar-refractivity contribution in [2.24, 2.45) is 11.8 Å². The van der Waals surface area contributed by atoms with E-state index in [0.717, 1.165) is 43.1 Å². The maximum absolute atomic E-state index is 13.4. The first kappa shape index (κ1) is 22.3. The molecule has 10 heteroatoms. The molecule has 6 rings (SSSR count). The number of amides is 3. The summed E-state index contributed by atoms with van der Waals surface area (Å²) in [5.41, 5.74) is 9.98. The predicted octanol–water partition coefficient (Wildman–Crippen LogP) is 1.52. The van der Waals surface area contributed by atoms with Crippen LogP contribution in [0.2, 0.25) is 0 Å². The molecule has 2 aromatic carbocycles. The number of rotatable bonds is 7. The molecule has 10 nitrogen and oxygen atoms in total. The Labute approximate surface area is 205 Å². The van der Waals surface area contributed by atoms with Gasteiger partial charge in [0.05, 0.1) is 19.0 Å². The van der Waals surface area contributed by atoms with Crippen LogP contribution in [-0.2, 0) is 11.3 Å². The van der Waals surface area contributed by atoms with Gasteiger partial charge in [0, 0.05) is 25.8 Å². The number of carbonyl (C=O) groups is 2. The summed E-state index contributed by atoms with van der Waals surface area (Å²) in [6, 6.07) is 18.1. The molecule has 3 unspecified atom stereocenters. The van der Waals surface area contributed by atoms with Gasteiger partial charge in [-0.1, -0.05) is 30.3 Å². The molecule has 184 valence electrons. The largest absolute Gasteiger partial charge is 0.368 e. The van der Waals surface area contributed by atoms with E-state index in [2.05, 4.69) is 55.8 Å². The van der Waals surface area contributed by atoms with Gasteiger partial charge in [0.2, 0.25) is 5.91 Å². The molecule has 3 heterocycles. The van der Waals surface area contributed by atoms with E-state index in [0.29, 0.717) is 19.0 Å². The molecule has 1 saturated carbocycles. The average Bonchev–Trinajstić information content (AvgIpc) is 3.40. The minimum atomic E-state index is -0.421. The second-order valence-electron chi connectivity index (χ2n) is 9.80. The lowest BCUT2D eigenvalue weighted by molar-refractivity contribution is -0.137. The van der Waals surface area contributed by atoms with Crippen molar-refractivity contribution < 1.29 is 9.59 Å². The molecular formula is C25H32N8O2. The van der Waals surface area contributed by atoms with Crippen LogP contribution in [0.5, 0.6) is 0 Å². The Morgan fingerprint density at radius 3 is 2.49 bits per heavy atom. The van der Waals surface area contributed by atoms with E-state index in [4.69, 9.17) is 0 Å². The highest BCUT2D eigenvalue weighted by Crippen LogP contribution is 2.37. The third-order valence-corrected chi connectivity index (χ3v) is 7.30. The van der Waals surface area contributed by atoms with Crippen LogP contribution in [0.1, 0.15) is 18.4 Å². The highest BCUT2D eigenvalue weighted by Gasteiger charge is 2.55. The fraction of sp³-hybridized carbons (Fsp3) is 0.440. The number of hydrogen-bond donors (Lipinski definition) is 4. The number of hydrazine groups is 2. The lowest BCUT2D eigenvalue weighted by Crippen LogP contribution is -2.63.